The van der Waals surface area contributed by atoms with Crippen molar-refractivity contribution in [1.29, 1.82) is 0 Å². The zero-order chi connectivity index (χ0) is 25.1. The van der Waals surface area contributed by atoms with Crippen molar-refractivity contribution in [2.24, 2.45) is 28.6 Å². The van der Waals surface area contributed by atoms with Crippen LogP contribution in [-0.4, -0.2) is 54.8 Å². The molecule has 34 heavy (non-hydrogen) atoms. The lowest BCUT2D eigenvalue weighted by molar-refractivity contribution is -0.176. The lowest BCUT2D eigenvalue weighted by Crippen LogP contribution is -2.64. The molecule has 4 unspecified atom stereocenters. The first-order valence-electron chi connectivity index (χ1n) is 13.6. The first kappa shape index (κ1) is 25.4. The first-order chi connectivity index (χ1) is 15.5. The molecule has 5 nitrogen and oxygen atoms in total. The van der Waals surface area contributed by atoms with Gasteiger partial charge in [-0.2, -0.15) is 0 Å². The van der Waals surface area contributed by atoms with Crippen LogP contribution in [0.15, 0.2) is 11.6 Å². The summed E-state index contributed by atoms with van der Waals surface area (Å²) in [4.78, 5) is 0. The maximum atomic E-state index is 11.2. The van der Waals surface area contributed by atoms with Crippen molar-refractivity contribution in [2.75, 3.05) is 0 Å². The predicted octanol–water partition coefficient (Wildman–Crippen LogP) is 5.41. The zero-order valence-electron chi connectivity index (χ0n) is 22.9. The molecule has 2 N–H and O–H groups in total. The average molecular weight is 493 g/mol. The maximum absolute atomic E-state index is 11.2. The molecule has 0 radical (unpaired) electrons. The number of rotatable bonds is 2. The molecule has 194 valence electrons. The summed E-state index contributed by atoms with van der Waals surface area (Å²) in [6.45, 7) is 20.5. The van der Waals surface area contributed by atoms with Crippen molar-refractivity contribution < 1.29 is 24.1 Å². The summed E-state index contributed by atoms with van der Waals surface area (Å²) in [5, 5.41) is 22.0. The molecule has 4 fully saturated rings. The largest absolute Gasteiger partial charge is 0.413 e. The van der Waals surface area contributed by atoms with Gasteiger partial charge in [-0.15, -0.1) is 0 Å². The molecule has 1 heterocycles. The Kier molecular flexibility index (Phi) is 5.71. The lowest BCUT2D eigenvalue weighted by atomic mass is 9.47. The van der Waals surface area contributed by atoms with Gasteiger partial charge < -0.3 is 24.1 Å². The molecule has 5 aliphatic rings. The molecule has 0 aromatic rings. The Labute approximate surface area is 207 Å². The summed E-state index contributed by atoms with van der Waals surface area (Å²) in [6, 6.07) is 0. The van der Waals surface area contributed by atoms with Gasteiger partial charge in [0.05, 0.1) is 30.5 Å². The van der Waals surface area contributed by atoms with E-state index in [4.69, 9.17) is 13.9 Å². The van der Waals surface area contributed by atoms with Gasteiger partial charge in [0.25, 0.3) is 0 Å². The quantitative estimate of drug-likeness (QED) is 0.398. The summed E-state index contributed by atoms with van der Waals surface area (Å²) >= 11 is 0. The van der Waals surface area contributed by atoms with Gasteiger partial charge in [0.15, 0.2) is 14.1 Å². The van der Waals surface area contributed by atoms with Crippen molar-refractivity contribution in [3.05, 3.63) is 11.6 Å². The van der Waals surface area contributed by atoms with Gasteiger partial charge in [0, 0.05) is 11.8 Å². The molecule has 0 aromatic carbocycles. The van der Waals surface area contributed by atoms with Gasteiger partial charge in [-0.1, -0.05) is 46.3 Å². The molecule has 1 saturated heterocycles. The summed E-state index contributed by atoms with van der Waals surface area (Å²) in [6.07, 6.45) is 5.81. The van der Waals surface area contributed by atoms with Gasteiger partial charge in [-0.3, -0.25) is 0 Å². The SMILES string of the molecule is CC1(C)O[C@@H]2C3C(=CC[C@@]4(C)C3CC[C@@H]4O[Si](C)(C)C(C)(C)C)[C@@]3(C)CC[C@@H](O)C(O)C3[C@H]2O1. The van der Waals surface area contributed by atoms with Crippen molar-refractivity contribution in [3.63, 3.8) is 0 Å². The van der Waals surface area contributed by atoms with Crippen LogP contribution in [0.3, 0.4) is 0 Å². The Morgan fingerprint density at radius 2 is 1.65 bits per heavy atom. The normalized spacial score (nSPS) is 50.1. The van der Waals surface area contributed by atoms with Crippen LogP contribution in [0.4, 0.5) is 0 Å². The summed E-state index contributed by atoms with van der Waals surface area (Å²) in [5.74, 6) is -0.0658. The molecule has 0 amide bonds. The highest BCUT2D eigenvalue weighted by Crippen LogP contribution is 2.67. The number of ether oxygens (including phenoxy) is 2. The van der Waals surface area contributed by atoms with E-state index in [-0.39, 0.29) is 46.0 Å². The third kappa shape index (κ3) is 3.49. The van der Waals surface area contributed by atoms with Crippen LogP contribution in [0.25, 0.3) is 0 Å². The Morgan fingerprint density at radius 3 is 2.29 bits per heavy atom. The van der Waals surface area contributed by atoms with Crippen LogP contribution in [0.2, 0.25) is 18.1 Å². The van der Waals surface area contributed by atoms with Gasteiger partial charge in [-0.05, 0) is 80.8 Å². The van der Waals surface area contributed by atoms with Crippen LogP contribution in [-0.2, 0) is 13.9 Å². The molecule has 1 aliphatic heterocycles. The van der Waals surface area contributed by atoms with Gasteiger partial charge >= 0.3 is 0 Å². The highest BCUT2D eigenvalue weighted by atomic mass is 28.4. The molecule has 0 spiro atoms. The van der Waals surface area contributed by atoms with E-state index in [1.165, 1.54) is 5.57 Å². The molecule has 6 heteroatoms. The van der Waals surface area contributed by atoms with E-state index in [0.29, 0.717) is 12.3 Å². The Hall–Kier alpha value is -0.243. The Balaban J connectivity index is 1.55. The Morgan fingerprint density at radius 1 is 1.00 bits per heavy atom. The van der Waals surface area contributed by atoms with E-state index < -0.39 is 26.3 Å². The molecule has 0 aromatic heterocycles. The minimum Gasteiger partial charge on any atom is -0.413 e. The van der Waals surface area contributed by atoms with Gasteiger partial charge in [0.2, 0.25) is 0 Å². The summed E-state index contributed by atoms with van der Waals surface area (Å²) in [5.41, 5.74) is 1.37. The van der Waals surface area contributed by atoms with Gasteiger partial charge in [-0.25, -0.2) is 0 Å². The van der Waals surface area contributed by atoms with Crippen molar-refractivity contribution >= 4 is 8.32 Å². The third-order valence-corrected chi connectivity index (χ3v) is 15.6. The summed E-state index contributed by atoms with van der Waals surface area (Å²) in [7, 11) is -1.88. The molecule has 4 aliphatic carbocycles. The first-order valence-corrected chi connectivity index (χ1v) is 16.5. The summed E-state index contributed by atoms with van der Waals surface area (Å²) < 4.78 is 20.3. The number of aliphatic hydroxyl groups excluding tert-OH is 2. The van der Waals surface area contributed by atoms with E-state index in [1.807, 2.05) is 13.8 Å². The second kappa shape index (κ2) is 7.64. The van der Waals surface area contributed by atoms with Crippen LogP contribution < -0.4 is 0 Å². The van der Waals surface area contributed by atoms with Crippen LogP contribution in [0.1, 0.15) is 80.6 Å². The number of fused-ring (bicyclic) bond motifs is 8. The maximum Gasteiger partial charge on any atom is 0.192 e. The highest BCUT2D eigenvalue weighted by Gasteiger charge is 2.68. The molecule has 0 bridgehead atoms. The zero-order valence-corrected chi connectivity index (χ0v) is 23.9. The molecule has 10 atom stereocenters. The number of hydrogen-bond donors (Lipinski definition) is 2. The van der Waals surface area contributed by atoms with Crippen molar-refractivity contribution in [2.45, 2.75) is 135 Å². The second-order valence-electron chi connectivity index (χ2n) is 14.6. The van der Waals surface area contributed by atoms with E-state index in [9.17, 15) is 10.2 Å². The van der Waals surface area contributed by atoms with E-state index in [0.717, 1.165) is 25.7 Å². The fourth-order valence-electron chi connectivity index (χ4n) is 8.20. The van der Waals surface area contributed by atoms with E-state index in [1.54, 1.807) is 0 Å². The standard InChI is InChI=1S/C28H48O5Si/c1-25(2,3)34(8,9)33-19-11-10-16-20-17(12-14-27(16,19)6)28(7)15-13-18(29)22(30)21(28)24-23(20)31-26(4,5)32-24/h12,16,18-24,29-30H,10-11,13-15H2,1-9H3/t16?,18-,19+,20?,21?,22?,23-,24-,27+,28-/m1/s1. The average Bonchev–Trinajstić information content (AvgIpc) is 3.19. The smallest absolute Gasteiger partial charge is 0.192 e. The number of aliphatic hydroxyl groups is 2. The van der Waals surface area contributed by atoms with Crippen molar-refractivity contribution in [3.8, 4) is 0 Å². The fraction of sp³-hybridized carbons (Fsp3) is 0.929. The van der Waals surface area contributed by atoms with Crippen LogP contribution >= 0.6 is 0 Å². The lowest BCUT2D eigenvalue weighted by Gasteiger charge is -2.60. The minimum absolute atomic E-state index is 0.0837. The van der Waals surface area contributed by atoms with Crippen molar-refractivity contribution in [1.82, 2.24) is 0 Å². The number of allylic oxidation sites excluding steroid dienone is 1. The molecular formula is C28H48O5Si. The number of hydrogen-bond acceptors (Lipinski definition) is 5. The van der Waals surface area contributed by atoms with E-state index in [2.05, 4.69) is 53.8 Å². The second-order valence-corrected chi connectivity index (χ2v) is 19.3. The topological polar surface area (TPSA) is 68.2 Å². The minimum atomic E-state index is -1.88. The Bertz CT molecular complexity index is 861. The molecular weight excluding hydrogens is 444 g/mol. The fourth-order valence-corrected chi connectivity index (χ4v) is 9.65. The molecule has 3 saturated carbocycles. The third-order valence-electron chi connectivity index (χ3n) is 11.1. The van der Waals surface area contributed by atoms with E-state index >= 15 is 0 Å². The predicted molar refractivity (Wildman–Crippen MR) is 136 cm³/mol. The van der Waals surface area contributed by atoms with Gasteiger partial charge in [0.1, 0.15) is 0 Å². The molecule has 5 rings (SSSR count). The monoisotopic (exact) mass is 492 g/mol. The highest BCUT2D eigenvalue weighted by molar-refractivity contribution is 6.74. The van der Waals surface area contributed by atoms with Crippen LogP contribution in [0.5, 0.6) is 0 Å². The van der Waals surface area contributed by atoms with Crippen LogP contribution in [0, 0.1) is 28.6 Å².